The van der Waals surface area contributed by atoms with E-state index < -0.39 is 10.8 Å². The van der Waals surface area contributed by atoms with Crippen molar-refractivity contribution in [3.05, 3.63) is 29.8 Å². The van der Waals surface area contributed by atoms with Crippen LogP contribution in [0.1, 0.15) is 31.7 Å². The van der Waals surface area contributed by atoms with Gasteiger partial charge in [0.1, 0.15) is 5.75 Å². The number of unbranched alkanes of at least 4 members (excludes halogenated alkanes) is 2. The molecule has 3 heteroatoms. The summed E-state index contributed by atoms with van der Waals surface area (Å²) < 4.78 is 10.4. The van der Waals surface area contributed by atoms with E-state index in [2.05, 4.69) is 6.92 Å². The Hall–Kier alpha value is -0.830. The van der Waals surface area contributed by atoms with Crippen LogP contribution in [0.4, 0.5) is 0 Å². The fourth-order valence-electron chi connectivity index (χ4n) is 1.10. The quantitative estimate of drug-likeness (QED) is 0.823. The van der Waals surface area contributed by atoms with Gasteiger partial charge in [-0.05, 0) is 25.5 Å². The second-order valence-electron chi connectivity index (χ2n) is 3.82. The van der Waals surface area contributed by atoms with E-state index in [4.69, 9.17) is 5.11 Å². The van der Waals surface area contributed by atoms with Crippen LogP contribution in [-0.2, 0) is 10.8 Å². The molecule has 16 heavy (non-hydrogen) atoms. The molecule has 0 radical (unpaired) electrons. The van der Waals surface area contributed by atoms with Gasteiger partial charge >= 0.3 is 0 Å². The second-order valence-corrected chi connectivity index (χ2v) is 5.37. The van der Waals surface area contributed by atoms with Gasteiger partial charge in [0, 0.05) is 22.8 Å². The summed E-state index contributed by atoms with van der Waals surface area (Å²) in [7, 11) is -0.567. The number of hydrogen-bond acceptors (Lipinski definition) is 2. The first kappa shape index (κ1) is 15.2. The molecule has 0 aliphatic carbocycles. The highest BCUT2D eigenvalue weighted by Gasteiger charge is 1.87. The first-order valence-electron chi connectivity index (χ1n) is 5.62. The Kier molecular flexibility index (Phi) is 8.91. The van der Waals surface area contributed by atoms with Crippen molar-refractivity contribution < 1.29 is 9.32 Å². The first-order chi connectivity index (χ1) is 7.56. The summed E-state index contributed by atoms with van der Waals surface area (Å²) in [4.78, 5) is 0. The summed E-state index contributed by atoms with van der Waals surface area (Å²) in [5.41, 5.74) is 1.17. The number of benzene rings is 1. The molecule has 0 saturated heterocycles. The average Bonchev–Trinajstić information content (AvgIpc) is 2.23. The lowest BCUT2D eigenvalue weighted by atomic mass is 10.2. The zero-order chi connectivity index (χ0) is 12.4. The van der Waals surface area contributed by atoms with Crippen LogP contribution in [0.15, 0.2) is 24.3 Å². The van der Waals surface area contributed by atoms with Crippen molar-refractivity contribution in [3.8, 4) is 5.75 Å². The number of aryl methyl sites for hydroxylation is 1. The maximum absolute atomic E-state index is 10.4. The zero-order valence-electron chi connectivity index (χ0n) is 10.4. The van der Waals surface area contributed by atoms with Gasteiger partial charge in [0.15, 0.2) is 0 Å². The van der Waals surface area contributed by atoms with Gasteiger partial charge in [-0.25, -0.2) is 0 Å². The molecule has 0 aliphatic rings. The van der Waals surface area contributed by atoms with Crippen LogP contribution in [0.2, 0.25) is 0 Å². The maximum Gasteiger partial charge on any atom is 0.115 e. The van der Waals surface area contributed by atoms with Crippen molar-refractivity contribution in [1.29, 1.82) is 0 Å². The van der Waals surface area contributed by atoms with Crippen molar-refractivity contribution in [3.63, 3.8) is 0 Å². The van der Waals surface area contributed by atoms with Crippen LogP contribution >= 0.6 is 0 Å². The van der Waals surface area contributed by atoms with Crippen molar-refractivity contribution in [1.82, 2.24) is 0 Å². The van der Waals surface area contributed by atoms with Crippen molar-refractivity contribution in [2.75, 3.05) is 12.0 Å². The number of rotatable bonds is 4. The van der Waals surface area contributed by atoms with Gasteiger partial charge in [0.05, 0.1) is 0 Å². The van der Waals surface area contributed by atoms with E-state index in [1.165, 1.54) is 18.4 Å². The fraction of sp³-hybridized carbons (Fsp3) is 0.538. The Morgan fingerprint density at radius 3 is 2.12 bits per heavy atom. The highest BCUT2D eigenvalue weighted by Crippen LogP contribution is 2.07. The summed E-state index contributed by atoms with van der Waals surface area (Å²) in [5, 5.41) is 8.76. The first-order valence-corrected chi connectivity index (χ1v) is 7.34. The SMILES string of the molecule is CCCCCS(C)=O.Cc1ccc(O)cc1. The lowest BCUT2D eigenvalue weighted by Gasteiger charge is -1.91. The number of aromatic hydroxyl groups is 1. The molecule has 0 heterocycles. The molecule has 0 fully saturated rings. The van der Waals surface area contributed by atoms with Gasteiger partial charge < -0.3 is 5.11 Å². The summed E-state index contributed by atoms with van der Waals surface area (Å²) in [6.07, 6.45) is 5.33. The second kappa shape index (κ2) is 9.40. The predicted octanol–water partition coefficient (Wildman–Crippen LogP) is 3.26. The number of phenols is 1. The normalized spacial score (nSPS) is 11.4. The van der Waals surface area contributed by atoms with E-state index >= 15 is 0 Å². The molecule has 0 bridgehead atoms. The van der Waals surface area contributed by atoms with Crippen LogP contribution in [0.5, 0.6) is 5.75 Å². The molecule has 1 aromatic carbocycles. The topological polar surface area (TPSA) is 37.3 Å². The third-order valence-electron chi connectivity index (χ3n) is 2.07. The average molecular weight is 242 g/mol. The fourth-order valence-corrected chi connectivity index (χ4v) is 1.71. The highest BCUT2D eigenvalue weighted by molar-refractivity contribution is 7.84. The van der Waals surface area contributed by atoms with Crippen molar-refractivity contribution in [2.45, 2.75) is 33.1 Å². The predicted molar refractivity (Wildman–Crippen MR) is 71.3 cm³/mol. The Morgan fingerprint density at radius 1 is 1.19 bits per heavy atom. The standard InChI is InChI=1S/C7H8O.C6H14OS/c1-6-2-4-7(8)5-3-6;1-3-4-5-6-8(2)7/h2-5,8H,1H3;3-6H2,1-2H3. The third-order valence-corrected chi connectivity index (χ3v) is 2.93. The van der Waals surface area contributed by atoms with Crippen LogP contribution in [0, 0.1) is 6.92 Å². The van der Waals surface area contributed by atoms with Gasteiger partial charge in [0.25, 0.3) is 0 Å². The number of hydrogen-bond donors (Lipinski definition) is 1. The van der Waals surface area contributed by atoms with Gasteiger partial charge in [-0.3, -0.25) is 4.21 Å². The third kappa shape index (κ3) is 9.71. The smallest absolute Gasteiger partial charge is 0.115 e. The Morgan fingerprint density at radius 2 is 1.75 bits per heavy atom. The Balaban J connectivity index is 0.000000281. The Labute approximate surface area is 101 Å². The van der Waals surface area contributed by atoms with Crippen LogP contribution in [0.3, 0.4) is 0 Å². The molecular formula is C13H22O2S. The zero-order valence-corrected chi connectivity index (χ0v) is 11.2. The van der Waals surface area contributed by atoms with E-state index in [-0.39, 0.29) is 0 Å². The molecule has 1 aromatic rings. The van der Waals surface area contributed by atoms with Gasteiger partial charge in [-0.15, -0.1) is 0 Å². The van der Waals surface area contributed by atoms with E-state index in [1.54, 1.807) is 18.4 Å². The van der Waals surface area contributed by atoms with E-state index in [1.807, 2.05) is 19.1 Å². The monoisotopic (exact) mass is 242 g/mol. The lowest BCUT2D eigenvalue weighted by Crippen LogP contribution is -1.92. The van der Waals surface area contributed by atoms with Gasteiger partial charge in [-0.2, -0.15) is 0 Å². The molecule has 1 atom stereocenters. The van der Waals surface area contributed by atoms with Gasteiger partial charge in [0.2, 0.25) is 0 Å². The summed E-state index contributed by atoms with van der Waals surface area (Å²) in [5.74, 6) is 1.21. The largest absolute Gasteiger partial charge is 0.508 e. The molecule has 1 N–H and O–H groups in total. The summed E-state index contributed by atoms with van der Waals surface area (Å²) >= 11 is 0. The van der Waals surface area contributed by atoms with Crippen LogP contribution in [-0.4, -0.2) is 21.3 Å². The summed E-state index contributed by atoms with van der Waals surface area (Å²) in [6, 6.07) is 7.09. The van der Waals surface area contributed by atoms with Crippen LogP contribution < -0.4 is 0 Å². The Bertz CT molecular complexity index is 272. The minimum absolute atomic E-state index is 0.329. The molecular weight excluding hydrogens is 220 g/mol. The molecule has 92 valence electrons. The van der Waals surface area contributed by atoms with E-state index in [0.29, 0.717) is 5.75 Å². The molecule has 0 spiro atoms. The summed E-state index contributed by atoms with van der Waals surface area (Å²) in [6.45, 7) is 4.14. The van der Waals surface area contributed by atoms with Crippen molar-refractivity contribution >= 4 is 10.8 Å². The minimum atomic E-state index is -0.567. The minimum Gasteiger partial charge on any atom is -0.508 e. The molecule has 0 aromatic heterocycles. The van der Waals surface area contributed by atoms with Crippen LogP contribution in [0.25, 0.3) is 0 Å². The number of phenolic OH excluding ortho intramolecular Hbond substituents is 1. The molecule has 0 aliphatic heterocycles. The molecule has 2 nitrogen and oxygen atoms in total. The van der Waals surface area contributed by atoms with Gasteiger partial charge in [-0.1, -0.05) is 37.5 Å². The highest BCUT2D eigenvalue weighted by atomic mass is 32.2. The van der Waals surface area contributed by atoms with E-state index in [9.17, 15) is 4.21 Å². The van der Waals surface area contributed by atoms with Crippen molar-refractivity contribution in [2.24, 2.45) is 0 Å². The molecule has 0 amide bonds. The lowest BCUT2D eigenvalue weighted by molar-refractivity contribution is 0.475. The molecule has 1 rings (SSSR count). The molecule has 0 saturated carbocycles. The maximum atomic E-state index is 10.4. The van der Waals surface area contributed by atoms with E-state index in [0.717, 1.165) is 12.2 Å². The molecule has 1 unspecified atom stereocenters.